The molecule has 0 saturated carbocycles. The predicted molar refractivity (Wildman–Crippen MR) is 73.2 cm³/mol. The first-order valence-corrected chi connectivity index (χ1v) is 6.55. The Morgan fingerprint density at radius 1 is 1.33 bits per heavy atom. The van der Waals surface area contributed by atoms with Gasteiger partial charge in [0.05, 0.1) is 6.67 Å². The molecule has 1 aliphatic rings. The third-order valence-electron chi connectivity index (χ3n) is 3.63. The fourth-order valence-electron chi connectivity index (χ4n) is 2.81. The molecule has 98 valence electrons. The van der Waals surface area contributed by atoms with E-state index in [1.54, 1.807) is 0 Å². The molecule has 1 atom stereocenters. The Balaban J connectivity index is 2.36. The van der Waals surface area contributed by atoms with Crippen molar-refractivity contribution in [2.24, 2.45) is 5.73 Å². The van der Waals surface area contributed by atoms with E-state index in [0.29, 0.717) is 19.6 Å². The summed E-state index contributed by atoms with van der Waals surface area (Å²) >= 11 is 0. The molecular weight excluding hydrogens is 226 g/mol. The maximum Gasteiger partial charge on any atom is 0.247 e. The summed E-state index contributed by atoms with van der Waals surface area (Å²) in [6.45, 7) is 3.20. The van der Waals surface area contributed by atoms with Crippen molar-refractivity contribution < 1.29 is 4.79 Å². The maximum absolute atomic E-state index is 12.3. The summed E-state index contributed by atoms with van der Waals surface area (Å²) in [5.74, 6) is 0.110. The van der Waals surface area contributed by atoms with Crippen LogP contribution in [0.5, 0.6) is 0 Å². The molecule has 4 heteroatoms. The second kappa shape index (κ2) is 5.40. The lowest BCUT2D eigenvalue weighted by atomic mass is 9.88. The largest absolute Gasteiger partial charge is 0.339 e. The Bertz CT molecular complexity index is 399. The minimum absolute atomic E-state index is 0.110. The molecule has 0 aliphatic carbocycles. The lowest BCUT2D eigenvalue weighted by molar-refractivity contribution is -0.124. The van der Waals surface area contributed by atoms with Crippen molar-refractivity contribution >= 4 is 11.6 Å². The fraction of sp³-hybridized carbons (Fsp3) is 0.500. The van der Waals surface area contributed by atoms with Gasteiger partial charge in [0.25, 0.3) is 0 Å². The number of hydrogen-bond donors (Lipinski definition) is 2. The molecule has 1 saturated heterocycles. The molecule has 0 radical (unpaired) electrons. The molecule has 18 heavy (non-hydrogen) atoms. The first-order chi connectivity index (χ1) is 8.74. The van der Waals surface area contributed by atoms with E-state index in [1.165, 1.54) is 0 Å². The lowest BCUT2D eigenvalue weighted by Gasteiger charge is -2.36. The van der Waals surface area contributed by atoms with Gasteiger partial charge in [-0.25, -0.2) is 0 Å². The molecule has 4 nitrogen and oxygen atoms in total. The Morgan fingerprint density at radius 2 is 2.06 bits per heavy atom. The van der Waals surface area contributed by atoms with Crippen LogP contribution in [0, 0.1) is 0 Å². The fourth-order valence-corrected chi connectivity index (χ4v) is 2.81. The van der Waals surface area contributed by atoms with E-state index in [0.717, 1.165) is 18.5 Å². The lowest BCUT2D eigenvalue weighted by Crippen LogP contribution is -2.50. The van der Waals surface area contributed by atoms with Gasteiger partial charge in [0, 0.05) is 5.69 Å². The van der Waals surface area contributed by atoms with Crippen LogP contribution in [0.15, 0.2) is 30.3 Å². The highest BCUT2D eigenvalue weighted by atomic mass is 16.2. The van der Waals surface area contributed by atoms with E-state index in [1.807, 2.05) is 30.3 Å². The molecule has 1 aliphatic heterocycles. The summed E-state index contributed by atoms with van der Waals surface area (Å²) in [5.41, 5.74) is 6.33. The maximum atomic E-state index is 12.3. The van der Waals surface area contributed by atoms with Crippen molar-refractivity contribution in [2.75, 3.05) is 18.1 Å². The number of anilines is 1. The highest BCUT2D eigenvalue weighted by Crippen LogP contribution is 2.33. The van der Waals surface area contributed by atoms with Gasteiger partial charge in [0.1, 0.15) is 5.54 Å². The van der Waals surface area contributed by atoms with Crippen molar-refractivity contribution in [2.45, 2.75) is 31.7 Å². The van der Waals surface area contributed by atoms with Gasteiger partial charge in [-0.1, -0.05) is 31.5 Å². The van der Waals surface area contributed by atoms with Gasteiger partial charge in [0.2, 0.25) is 5.91 Å². The van der Waals surface area contributed by atoms with Crippen LogP contribution >= 0.6 is 0 Å². The van der Waals surface area contributed by atoms with Crippen LogP contribution in [0.1, 0.15) is 26.2 Å². The summed E-state index contributed by atoms with van der Waals surface area (Å²) in [5, 5.41) is 2.96. The average molecular weight is 247 g/mol. The van der Waals surface area contributed by atoms with Crippen LogP contribution in [0.25, 0.3) is 0 Å². The van der Waals surface area contributed by atoms with E-state index in [-0.39, 0.29) is 5.91 Å². The number of nitrogens with zero attached hydrogens (tertiary/aromatic N) is 1. The highest BCUT2D eigenvalue weighted by molar-refractivity contribution is 5.93. The number of rotatable bonds is 5. The van der Waals surface area contributed by atoms with Crippen molar-refractivity contribution in [3.8, 4) is 0 Å². The molecule has 1 heterocycles. The number of carbonyl (C=O) groups is 1. The quantitative estimate of drug-likeness (QED) is 0.828. The molecule has 2 rings (SSSR count). The van der Waals surface area contributed by atoms with E-state index < -0.39 is 5.54 Å². The van der Waals surface area contributed by atoms with Crippen LogP contribution in [0.4, 0.5) is 5.69 Å². The highest BCUT2D eigenvalue weighted by Gasteiger charge is 2.47. The van der Waals surface area contributed by atoms with Crippen LogP contribution in [-0.2, 0) is 4.79 Å². The Kier molecular flexibility index (Phi) is 3.87. The van der Waals surface area contributed by atoms with Crippen LogP contribution in [-0.4, -0.2) is 24.7 Å². The number of carbonyl (C=O) groups excluding carboxylic acids is 1. The van der Waals surface area contributed by atoms with E-state index in [2.05, 4.69) is 17.1 Å². The van der Waals surface area contributed by atoms with Gasteiger partial charge in [-0.15, -0.1) is 0 Å². The second-order valence-corrected chi connectivity index (χ2v) is 4.75. The van der Waals surface area contributed by atoms with Crippen molar-refractivity contribution in [1.82, 2.24) is 5.32 Å². The standard InChI is InChI=1S/C14H21N3O/c1-2-8-14(9-10-15)13(18)16-11-17(14)12-6-4-3-5-7-12/h3-7H,2,8-11,15H2,1H3,(H,16,18). The van der Waals surface area contributed by atoms with E-state index in [4.69, 9.17) is 5.73 Å². The minimum atomic E-state index is -0.467. The zero-order valence-corrected chi connectivity index (χ0v) is 10.9. The molecule has 1 fully saturated rings. The zero-order valence-electron chi connectivity index (χ0n) is 10.9. The summed E-state index contributed by atoms with van der Waals surface area (Å²) in [6.07, 6.45) is 2.50. The van der Waals surface area contributed by atoms with Crippen molar-refractivity contribution in [3.63, 3.8) is 0 Å². The molecule has 1 aromatic carbocycles. The molecule has 3 N–H and O–H groups in total. The summed E-state index contributed by atoms with van der Waals surface area (Å²) < 4.78 is 0. The molecular formula is C14H21N3O. The topological polar surface area (TPSA) is 58.4 Å². The third kappa shape index (κ3) is 2.08. The first kappa shape index (κ1) is 12.9. The monoisotopic (exact) mass is 247 g/mol. The Labute approximate surface area is 108 Å². The zero-order chi connectivity index (χ0) is 13.0. The van der Waals surface area contributed by atoms with Crippen molar-refractivity contribution in [1.29, 1.82) is 0 Å². The van der Waals surface area contributed by atoms with Crippen LogP contribution in [0.2, 0.25) is 0 Å². The van der Waals surface area contributed by atoms with Gasteiger partial charge in [-0.2, -0.15) is 0 Å². The molecule has 1 aromatic rings. The Hall–Kier alpha value is -1.55. The number of amides is 1. The Morgan fingerprint density at radius 3 is 2.67 bits per heavy atom. The molecule has 0 spiro atoms. The number of benzene rings is 1. The van der Waals surface area contributed by atoms with Gasteiger partial charge in [-0.05, 0) is 31.5 Å². The van der Waals surface area contributed by atoms with E-state index >= 15 is 0 Å². The van der Waals surface area contributed by atoms with Gasteiger partial charge < -0.3 is 16.0 Å². The molecule has 1 amide bonds. The SMILES string of the molecule is CCCC1(CCN)C(=O)NCN1c1ccccc1. The smallest absolute Gasteiger partial charge is 0.247 e. The summed E-state index contributed by atoms with van der Waals surface area (Å²) in [7, 11) is 0. The number of hydrogen-bond acceptors (Lipinski definition) is 3. The third-order valence-corrected chi connectivity index (χ3v) is 3.63. The first-order valence-electron chi connectivity index (χ1n) is 6.55. The molecule has 0 bridgehead atoms. The number of nitrogens with one attached hydrogen (secondary N) is 1. The molecule has 0 aromatic heterocycles. The second-order valence-electron chi connectivity index (χ2n) is 4.75. The van der Waals surface area contributed by atoms with Gasteiger partial charge >= 0.3 is 0 Å². The van der Waals surface area contributed by atoms with E-state index in [9.17, 15) is 4.79 Å². The van der Waals surface area contributed by atoms with Crippen LogP contribution < -0.4 is 16.0 Å². The summed E-state index contributed by atoms with van der Waals surface area (Å²) in [6, 6.07) is 10.1. The van der Waals surface area contributed by atoms with Crippen LogP contribution in [0.3, 0.4) is 0 Å². The van der Waals surface area contributed by atoms with Crippen molar-refractivity contribution in [3.05, 3.63) is 30.3 Å². The minimum Gasteiger partial charge on any atom is -0.339 e. The van der Waals surface area contributed by atoms with Gasteiger partial charge in [-0.3, -0.25) is 4.79 Å². The summed E-state index contributed by atoms with van der Waals surface area (Å²) in [4.78, 5) is 14.4. The molecule has 1 unspecified atom stereocenters. The normalized spacial score (nSPS) is 23.2. The van der Waals surface area contributed by atoms with Gasteiger partial charge in [0.15, 0.2) is 0 Å². The number of nitrogens with two attached hydrogens (primary N) is 1. The number of para-hydroxylation sites is 1. The average Bonchev–Trinajstić information content (AvgIpc) is 2.69. The predicted octanol–water partition coefficient (Wildman–Crippen LogP) is 1.47.